The summed E-state index contributed by atoms with van der Waals surface area (Å²) in [5.74, 6) is 0. The van der Waals surface area contributed by atoms with Gasteiger partial charge in [-0.2, -0.15) is 0 Å². The fourth-order valence-electron chi connectivity index (χ4n) is 8.19. The smallest absolute Gasteiger partial charge is 0.143 e. The van der Waals surface area contributed by atoms with Gasteiger partial charge in [0.15, 0.2) is 0 Å². The summed E-state index contributed by atoms with van der Waals surface area (Å²) in [4.78, 5) is 2.31. The molecule has 2 aromatic heterocycles. The largest absolute Gasteiger partial charge is 0.456 e. The second kappa shape index (κ2) is 12.6. The van der Waals surface area contributed by atoms with E-state index in [4.69, 9.17) is 8.83 Å². The Kier molecular flexibility index (Phi) is 7.17. The molecule has 11 rings (SSSR count). The molecule has 0 N–H and O–H groups in total. The van der Waals surface area contributed by atoms with Gasteiger partial charge in [-0.25, -0.2) is 0 Å². The van der Waals surface area contributed by atoms with Gasteiger partial charge in [-0.1, -0.05) is 140 Å². The molecule has 3 heteroatoms. The van der Waals surface area contributed by atoms with E-state index >= 15 is 0 Å². The van der Waals surface area contributed by atoms with Crippen molar-refractivity contribution in [2.24, 2.45) is 0 Å². The molecule has 0 aliphatic carbocycles. The van der Waals surface area contributed by atoms with Crippen LogP contribution in [0.3, 0.4) is 0 Å². The average molecular weight is 704 g/mol. The first-order valence-corrected chi connectivity index (χ1v) is 18.7. The van der Waals surface area contributed by atoms with Crippen LogP contribution in [-0.4, -0.2) is 0 Å². The Bertz CT molecular complexity index is 3180. The fraction of sp³-hybridized carbons (Fsp3) is 0. The van der Waals surface area contributed by atoms with Gasteiger partial charge >= 0.3 is 0 Å². The third kappa shape index (κ3) is 5.28. The minimum Gasteiger partial charge on any atom is -0.456 e. The zero-order valence-corrected chi connectivity index (χ0v) is 29.8. The fourth-order valence-corrected chi connectivity index (χ4v) is 8.19. The van der Waals surface area contributed by atoms with Crippen LogP contribution < -0.4 is 4.90 Å². The number of benzene rings is 9. The van der Waals surface area contributed by atoms with E-state index in [2.05, 4.69) is 187 Å². The highest BCUT2D eigenvalue weighted by molar-refractivity contribution is 6.11. The molecule has 0 spiro atoms. The molecule has 0 saturated carbocycles. The summed E-state index contributed by atoms with van der Waals surface area (Å²) < 4.78 is 12.8. The normalized spacial score (nSPS) is 11.6. The first-order valence-electron chi connectivity index (χ1n) is 18.7. The van der Waals surface area contributed by atoms with E-state index in [1.807, 2.05) is 18.2 Å². The van der Waals surface area contributed by atoms with Crippen molar-refractivity contribution in [3.63, 3.8) is 0 Å². The van der Waals surface area contributed by atoms with E-state index in [1.54, 1.807) is 0 Å². The van der Waals surface area contributed by atoms with Gasteiger partial charge < -0.3 is 13.7 Å². The van der Waals surface area contributed by atoms with Gasteiger partial charge in [-0.05, 0) is 93.2 Å². The van der Waals surface area contributed by atoms with Crippen LogP contribution in [0.2, 0.25) is 0 Å². The number of fused-ring (bicyclic) bond motifs is 7. The molecule has 258 valence electrons. The van der Waals surface area contributed by atoms with Crippen LogP contribution in [0.25, 0.3) is 88.0 Å². The lowest BCUT2D eigenvalue weighted by Gasteiger charge is -2.26. The van der Waals surface area contributed by atoms with E-state index in [9.17, 15) is 0 Å². The van der Waals surface area contributed by atoms with Gasteiger partial charge in [-0.15, -0.1) is 0 Å². The summed E-state index contributed by atoms with van der Waals surface area (Å²) in [5.41, 5.74) is 13.6. The summed E-state index contributed by atoms with van der Waals surface area (Å²) in [6.45, 7) is 0. The maximum atomic E-state index is 6.47. The molecule has 0 amide bonds. The molecule has 2 heterocycles. The maximum absolute atomic E-state index is 6.47. The van der Waals surface area contributed by atoms with Crippen LogP contribution in [0.5, 0.6) is 0 Å². The minimum atomic E-state index is 0.865. The van der Waals surface area contributed by atoms with Gasteiger partial charge in [0.2, 0.25) is 0 Å². The van der Waals surface area contributed by atoms with Crippen molar-refractivity contribution in [2.75, 3.05) is 4.90 Å². The average Bonchev–Trinajstić information content (AvgIpc) is 3.82. The van der Waals surface area contributed by atoms with E-state index in [1.165, 1.54) is 21.9 Å². The Balaban J connectivity index is 0.997. The molecular weight excluding hydrogens is 671 g/mol. The highest BCUT2D eigenvalue weighted by Crippen LogP contribution is 2.42. The van der Waals surface area contributed by atoms with Crippen molar-refractivity contribution in [3.05, 3.63) is 200 Å². The van der Waals surface area contributed by atoms with Crippen LogP contribution in [0.4, 0.5) is 17.1 Å². The number of rotatable bonds is 6. The number of para-hydroxylation sites is 2. The first kappa shape index (κ1) is 31.2. The molecule has 0 atom stereocenters. The Morgan fingerprint density at radius 1 is 0.291 bits per heavy atom. The van der Waals surface area contributed by atoms with E-state index in [0.717, 1.165) is 83.2 Å². The maximum Gasteiger partial charge on any atom is 0.143 e. The molecule has 0 fully saturated rings. The molecule has 11 aromatic rings. The lowest BCUT2D eigenvalue weighted by atomic mass is 9.98. The zero-order valence-electron chi connectivity index (χ0n) is 29.8. The minimum absolute atomic E-state index is 0.865. The van der Waals surface area contributed by atoms with Gasteiger partial charge in [0.1, 0.15) is 22.3 Å². The SMILES string of the molecule is c1ccc(-c2cccc3c2oc2ccc(-c4ccc(N(c5ccc(-c6cccc7ccccc67)cc5)c5ccc6c(c5)oc5ccccc56)cc4)cc23)cc1. The molecule has 0 aliphatic heterocycles. The van der Waals surface area contributed by atoms with Crippen LogP contribution in [0.15, 0.2) is 209 Å². The topological polar surface area (TPSA) is 29.5 Å². The molecule has 0 saturated heterocycles. The van der Waals surface area contributed by atoms with Gasteiger partial charge in [0, 0.05) is 50.2 Å². The van der Waals surface area contributed by atoms with Gasteiger partial charge in [-0.3, -0.25) is 0 Å². The van der Waals surface area contributed by atoms with E-state index in [0.29, 0.717) is 0 Å². The number of anilines is 3. The summed E-state index contributed by atoms with van der Waals surface area (Å²) >= 11 is 0. The van der Waals surface area contributed by atoms with Crippen LogP contribution in [-0.2, 0) is 0 Å². The van der Waals surface area contributed by atoms with Gasteiger partial charge in [0.25, 0.3) is 0 Å². The van der Waals surface area contributed by atoms with Crippen LogP contribution in [0.1, 0.15) is 0 Å². The second-order valence-electron chi connectivity index (χ2n) is 14.1. The van der Waals surface area contributed by atoms with Gasteiger partial charge in [0.05, 0.1) is 0 Å². The summed E-state index contributed by atoms with van der Waals surface area (Å²) in [7, 11) is 0. The predicted octanol–water partition coefficient (Wildman–Crippen LogP) is 15.1. The highest BCUT2D eigenvalue weighted by atomic mass is 16.3. The molecule has 0 radical (unpaired) electrons. The number of furan rings is 2. The third-order valence-corrected chi connectivity index (χ3v) is 10.9. The van der Waals surface area contributed by atoms with Crippen molar-refractivity contribution < 1.29 is 8.83 Å². The monoisotopic (exact) mass is 703 g/mol. The quantitative estimate of drug-likeness (QED) is 0.173. The van der Waals surface area contributed by atoms with Crippen molar-refractivity contribution in [1.82, 2.24) is 0 Å². The highest BCUT2D eigenvalue weighted by Gasteiger charge is 2.17. The van der Waals surface area contributed by atoms with E-state index in [-0.39, 0.29) is 0 Å². The van der Waals surface area contributed by atoms with Crippen molar-refractivity contribution in [1.29, 1.82) is 0 Å². The van der Waals surface area contributed by atoms with Crippen LogP contribution in [0, 0.1) is 0 Å². The molecule has 0 bridgehead atoms. The number of nitrogens with zero attached hydrogens (tertiary/aromatic N) is 1. The Morgan fingerprint density at radius 2 is 0.873 bits per heavy atom. The Labute approximate surface area is 317 Å². The second-order valence-corrected chi connectivity index (χ2v) is 14.1. The van der Waals surface area contributed by atoms with Crippen molar-refractivity contribution >= 4 is 71.7 Å². The molecular formula is C52H33NO2. The Hall–Kier alpha value is -7.36. The standard InChI is InChI=1S/C52H33NO2/c1-2-10-36(11-3-1)44-17-9-18-47-48-32-38(24-31-50(48)55-52(44)47)34-20-25-39(26-21-34)53(41-29-30-46-45-15-6-7-19-49(45)54-51(46)33-41)40-27-22-37(23-28-40)43-16-8-13-35-12-4-5-14-42(35)43/h1-33H. The van der Waals surface area contributed by atoms with Crippen LogP contribution >= 0.6 is 0 Å². The lowest BCUT2D eigenvalue weighted by Crippen LogP contribution is -2.09. The summed E-state index contributed by atoms with van der Waals surface area (Å²) in [5, 5.41) is 6.95. The molecule has 55 heavy (non-hydrogen) atoms. The lowest BCUT2D eigenvalue weighted by molar-refractivity contribution is 0.669. The number of hydrogen-bond donors (Lipinski definition) is 0. The molecule has 3 nitrogen and oxygen atoms in total. The predicted molar refractivity (Wildman–Crippen MR) is 229 cm³/mol. The first-order chi connectivity index (χ1) is 27.2. The molecule has 0 unspecified atom stereocenters. The van der Waals surface area contributed by atoms with E-state index < -0.39 is 0 Å². The third-order valence-electron chi connectivity index (χ3n) is 10.9. The summed E-state index contributed by atoms with van der Waals surface area (Å²) in [6, 6.07) is 70.9. The Morgan fingerprint density at radius 3 is 1.71 bits per heavy atom. The zero-order chi connectivity index (χ0) is 36.3. The van der Waals surface area contributed by atoms with Crippen molar-refractivity contribution in [2.45, 2.75) is 0 Å². The summed E-state index contributed by atoms with van der Waals surface area (Å²) in [6.07, 6.45) is 0. The molecule has 0 aliphatic rings. The van der Waals surface area contributed by atoms with Crippen molar-refractivity contribution in [3.8, 4) is 33.4 Å². The number of hydrogen-bond acceptors (Lipinski definition) is 3. The molecule has 9 aromatic carbocycles.